The van der Waals surface area contributed by atoms with Crippen LogP contribution in [0.25, 0.3) is 10.9 Å². The lowest BCUT2D eigenvalue weighted by Gasteiger charge is -2.07. The summed E-state index contributed by atoms with van der Waals surface area (Å²) in [5, 5.41) is 0.988. The Morgan fingerprint density at radius 1 is 1.41 bits per heavy atom. The summed E-state index contributed by atoms with van der Waals surface area (Å²) < 4.78 is 6.81. The predicted molar refractivity (Wildman–Crippen MR) is 70.3 cm³/mol. The van der Waals surface area contributed by atoms with E-state index in [-0.39, 0.29) is 11.2 Å². The molecule has 1 atom stereocenters. The van der Waals surface area contributed by atoms with Crippen molar-refractivity contribution in [2.75, 3.05) is 7.11 Å². The highest BCUT2D eigenvalue weighted by Crippen LogP contribution is 2.32. The number of ether oxygens (including phenoxy) is 1. The Kier molecular flexibility index (Phi) is 3.43. The summed E-state index contributed by atoms with van der Waals surface area (Å²) in [5.74, 6) is -0.192. The minimum Gasteiger partial charge on any atom is -0.468 e. The van der Waals surface area contributed by atoms with Crippen molar-refractivity contribution in [3.8, 4) is 0 Å². The molecular weight excluding hydrogens is 234 g/mol. The maximum atomic E-state index is 11.4. The molecule has 4 heteroatoms. The predicted octanol–water partition coefficient (Wildman–Crippen LogP) is 2.83. The van der Waals surface area contributed by atoms with E-state index >= 15 is 0 Å². The summed E-state index contributed by atoms with van der Waals surface area (Å²) in [6, 6.07) is 8.17. The smallest absolute Gasteiger partial charge is 0.318 e. The molecule has 1 heterocycles. The van der Waals surface area contributed by atoms with Gasteiger partial charge >= 0.3 is 5.97 Å². The van der Waals surface area contributed by atoms with Gasteiger partial charge in [-0.05, 0) is 13.0 Å². The van der Waals surface area contributed by atoms with E-state index in [0.717, 1.165) is 4.90 Å². The number of hydrogen-bond donors (Lipinski definition) is 0. The van der Waals surface area contributed by atoms with Crippen LogP contribution in [0.3, 0.4) is 0 Å². The van der Waals surface area contributed by atoms with Gasteiger partial charge in [-0.25, -0.2) is 0 Å². The Morgan fingerprint density at radius 3 is 2.82 bits per heavy atom. The molecule has 17 heavy (non-hydrogen) atoms. The second kappa shape index (κ2) is 4.84. The SMILES string of the molecule is COC(=O)C(C)Sc1cn(C)c2ccccc12. The molecule has 0 fully saturated rings. The van der Waals surface area contributed by atoms with Crippen molar-refractivity contribution < 1.29 is 9.53 Å². The fraction of sp³-hybridized carbons (Fsp3) is 0.308. The van der Waals surface area contributed by atoms with Gasteiger partial charge in [0.25, 0.3) is 0 Å². The van der Waals surface area contributed by atoms with E-state index in [1.165, 1.54) is 29.8 Å². The molecular formula is C13H15NO2S. The van der Waals surface area contributed by atoms with Gasteiger partial charge < -0.3 is 9.30 Å². The van der Waals surface area contributed by atoms with Gasteiger partial charge in [-0.1, -0.05) is 18.2 Å². The van der Waals surface area contributed by atoms with E-state index in [2.05, 4.69) is 22.9 Å². The zero-order valence-corrected chi connectivity index (χ0v) is 11.0. The number of methoxy groups -OCH3 is 1. The minimum atomic E-state index is -0.192. The number of fused-ring (bicyclic) bond motifs is 1. The van der Waals surface area contributed by atoms with Crippen LogP contribution in [0.1, 0.15) is 6.92 Å². The van der Waals surface area contributed by atoms with Crippen LogP contribution in [0, 0.1) is 0 Å². The summed E-state index contributed by atoms with van der Waals surface area (Å²) in [7, 11) is 3.43. The number of carbonyl (C=O) groups is 1. The van der Waals surface area contributed by atoms with Gasteiger partial charge in [0.05, 0.1) is 7.11 Å². The molecule has 1 aromatic heterocycles. The number of hydrogen-bond acceptors (Lipinski definition) is 3. The van der Waals surface area contributed by atoms with Crippen molar-refractivity contribution >= 4 is 28.6 Å². The van der Waals surface area contributed by atoms with Gasteiger partial charge in [-0.2, -0.15) is 0 Å². The first-order valence-electron chi connectivity index (χ1n) is 5.42. The van der Waals surface area contributed by atoms with Crippen LogP contribution in [-0.2, 0) is 16.6 Å². The van der Waals surface area contributed by atoms with Crippen LogP contribution < -0.4 is 0 Å². The molecule has 3 nitrogen and oxygen atoms in total. The van der Waals surface area contributed by atoms with Gasteiger partial charge in [0, 0.05) is 29.0 Å². The van der Waals surface area contributed by atoms with E-state index in [0.29, 0.717) is 0 Å². The molecule has 0 saturated heterocycles. The lowest BCUT2D eigenvalue weighted by atomic mass is 10.2. The normalized spacial score (nSPS) is 12.6. The molecule has 2 aromatic rings. The molecule has 0 radical (unpaired) electrons. The molecule has 1 unspecified atom stereocenters. The first kappa shape index (κ1) is 12.0. The Morgan fingerprint density at radius 2 is 2.12 bits per heavy atom. The third-order valence-corrected chi connectivity index (χ3v) is 3.82. The van der Waals surface area contributed by atoms with Crippen molar-refractivity contribution in [1.82, 2.24) is 4.57 Å². The Balaban J connectivity index is 2.33. The summed E-state index contributed by atoms with van der Waals surface area (Å²) in [6.07, 6.45) is 2.05. The molecule has 0 bridgehead atoms. The second-order valence-corrected chi connectivity index (χ2v) is 5.29. The van der Waals surface area contributed by atoms with Gasteiger partial charge in [0.2, 0.25) is 0 Å². The molecule has 90 valence electrons. The van der Waals surface area contributed by atoms with Crippen molar-refractivity contribution in [2.45, 2.75) is 17.1 Å². The largest absolute Gasteiger partial charge is 0.468 e. The molecule has 1 aromatic carbocycles. The lowest BCUT2D eigenvalue weighted by Crippen LogP contribution is -2.14. The molecule has 0 N–H and O–H groups in total. The average molecular weight is 249 g/mol. The fourth-order valence-corrected chi connectivity index (χ4v) is 2.89. The number of carbonyl (C=O) groups excluding carboxylic acids is 1. The topological polar surface area (TPSA) is 31.2 Å². The minimum absolute atomic E-state index is 0.189. The van der Waals surface area contributed by atoms with Crippen molar-refractivity contribution in [2.24, 2.45) is 7.05 Å². The van der Waals surface area contributed by atoms with Crippen LogP contribution in [0.15, 0.2) is 35.4 Å². The number of thioether (sulfide) groups is 1. The maximum Gasteiger partial charge on any atom is 0.318 e. The van der Waals surface area contributed by atoms with Crippen LogP contribution >= 0.6 is 11.8 Å². The third kappa shape index (κ3) is 2.31. The molecule has 0 aliphatic rings. The highest BCUT2D eigenvalue weighted by atomic mass is 32.2. The van der Waals surface area contributed by atoms with E-state index in [9.17, 15) is 4.79 Å². The summed E-state index contributed by atoms with van der Waals surface area (Å²) in [5.41, 5.74) is 1.17. The van der Waals surface area contributed by atoms with Gasteiger partial charge in [0.1, 0.15) is 5.25 Å². The van der Waals surface area contributed by atoms with Crippen LogP contribution in [0.5, 0.6) is 0 Å². The monoisotopic (exact) mass is 249 g/mol. The Hall–Kier alpha value is -1.42. The molecule has 0 saturated carbocycles. The van der Waals surface area contributed by atoms with Gasteiger partial charge in [0.15, 0.2) is 0 Å². The number of para-hydroxylation sites is 1. The number of rotatable bonds is 3. The van der Waals surface area contributed by atoms with E-state index in [1.807, 2.05) is 26.1 Å². The Labute approximate surface area is 105 Å². The third-order valence-electron chi connectivity index (χ3n) is 2.70. The van der Waals surface area contributed by atoms with Crippen LogP contribution in [0.2, 0.25) is 0 Å². The number of esters is 1. The standard InChI is InChI=1S/C13H15NO2S/c1-9(13(15)16-3)17-12-8-14(2)11-7-5-4-6-10(11)12/h4-9H,1-3H3. The van der Waals surface area contributed by atoms with Crippen LogP contribution in [-0.4, -0.2) is 22.9 Å². The van der Waals surface area contributed by atoms with E-state index < -0.39 is 0 Å². The lowest BCUT2D eigenvalue weighted by molar-refractivity contribution is -0.139. The zero-order valence-electron chi connectivity index (χ0n) is 10.1. The average Bonchev–Trinajstić information content (AvgIpc) is 2.66. The highest BCUT2D eigenvalue weighted by Gasteiger charge is 2.17. The van der Waals surface area contributed by atoms with Crippen LogP contribution in [0.4, 0.5) is 0 Å². The number of aryl methyl sites for hydroxylation is 1. The van der Waals surface area contributed by atoms with E-state index in [4.69, 9.17) is 4.74 Å². The highest BCUT2D eigenvalue weighted by molar-refractivity contribution is 8.00. The fourth-order valence-electron chi connectivity index (χ4n) is 1.80. The summed E-state index contributed by atoms with van der Waals surface area (Å²) in [4.78, 5) is 12.5. The van der Waals surface area contributed by atoms with Crippen molar-refractivity contribution in [3.63, 3.8) is 0 Å². The molecule has 0 amide bonds. The quantitative estimate of drug-likeness (QED) is 0.619. The summed E-state index contributed by atoms with van der Waals surface area (Å²) in [6.45, 7) is 1.86. The van der Waals surface area contributed by atoms with Crippen molar-refractivity contribution in [3.05, 3.63) is 30.5 Å². The first-order valence-corrected chi connectivity index (χ1v) is 6.30. The second-order valence-electron chi connectivity index (χ2n) is 3.90. The number of aromatic nitrogens is 1. The molecule has 2 rings (SSSR count). The molecule has 0 aliphatic carbocycles. The molecule has 0 aliphatic heterocycles. The van der Waals surface area contributed by atoms with E-state index in [1.54, 1.807) is 0 Å². The van der Waals surface area contributed by atoms with Gasteiger partial charge in [-0.15, -0.1) is 11.8 Å². The Bertz CT molecular complexity index is 547. The zero-order chi connectivity index (χ0) is 12.4. The first-order chi connectivity index (χ1) is 8.13. The maximum absolute atomic E-state index is 11.4. The van der Waals surface area contributed by atoms with Crippen molar-refractivity contribution in [1.29, 1.82) is 0 Å². The number of nitrogens with zero attached hydrogens (tertiary/aromatic N) is 1. The number of benzene rings is 1. The van der Waals surface area contributed by atoms with Gasteiger partial charge in [-0.3, -0.25) is 4.79 Å². The molecule has 0 spiro atoms. The summed E-state index contributed by atoms with van der Waals surface area (Å²) >= 11 is 1.53.